The Morgan fingerprint density at radius 1 is 1.38 bits per heavy atom. The first kappa shape index (κ1) is 15.8. The van der Waals surface area contributed by atoms with E-state index in [-0.39, 0.29) is 11.8 Å². The molecule has 1 fully saturated rings. The van der Waals surface area contributed by atoms with Crippen LogP contribution in [0, 0.1) is 5.92 Å². The van der Waals surface area contributed by atoms with E-state index < -0.39 is 0 Å². The Labute approximate surface area is 127 Å². The first-order valence-electron chi connectivity index (χ1n) is 7.83. The predicted octanol–water partition coefficient (Wildman–Crippen LogP) is 2.13. The summed E-state index contributed by atoms with van der Waals surface area (Å²) in [4.78, 5) is 12.1. The zero-order valence-corrected chi connectivity index (χ0v) is 13.0. The fourth-order valence-electron chi connectivity index (χ4n) is 2.81. The van der Waals surface area contributed by atoms with Gasteiger partial charge in [-0.15, -0.1) is 0 Å². The summed E-state index contributed by atoms with van der Waals surface area (Å²) in [5.41, 5.74) is 1.28. The van der Waals surface area contributed by atoms with Crippen molar-refractivity contribution < 1.29 is 9.53 Å². The normalized spacial score (nSPS) is 21.8. The Bertz CT molecular complexity index is 445. The average Bonchev–Trinajstić information content (AvgIpc) is 2.52. The van der Waals surface area contributed by atoms with Crippen molar-refractivity contribution in [1.29, 1.82) is 0 Å². The number of benzene rings is 1. The molecule has 2 rings (SSSR count). The third-order valence-electron chi connectivity index (χ3n) is 4.09. The fraction of sp³-hybridized carbons (Fsp3) is 0.588. The molecule has 21 heavy (non-hydrogen) atoms. The summed E-state index contributed by atoms with van der Waals surface area (Å²) in [6, 6.07) is 8.56. The topological polar surface area (TPSA) is 50.4 Å². The van der Waals surface area contributed by atoms with E-state index in [1.54, 1.807) is 7.11 Å². The molecule has 0 aliphatic carbocycles. The van der Waals surface area contributed by atoms with Crippen LogP contribution in [-0.2, 0) is 11.2 Å². The zero-order chi connectivity index (χ0) is 15.1. The number of hydrogen-bond donors (Lipinski definition) is 2. The number of carbonyl (C=O) groups is 1. The van der Waals surface area contributed by atoms with E-state index >= 15 is 0 Å². The average molecular weight is 290 g/mol. The van der Waals surface area contributed by atoms with Gasteiger partial charge >= 0.3 is 0 Å². The highest BCUT2D eigenvalue weighted by Crippen LogP contribution is 2.16. The molecule has 0 spiro atoms. The van der Waals surface area contributed by atoms with E-state index in [1.165, 1.54) is 5.56 Å². The summed E-state index contributed by atoms with van der Waals surface area (Å²) in [5.74, 6) is 1.28. The van der Waals surface area contributed by atoms with Gasteiger partial charge in [0.05, 0.1) is 7.11 Å². The highest BCUT2D eigenvalue weighted by Gasteiger charge is 2.24. The maximum absolute atomic E-state index is 12.1. The summed E-state index contributed by atoms with van der Waals surface area (Å²) in [7, 11) is 1.67. The van der Waals surface area contributed by atoms with Crippen LogP contribution in [-0.4, -0.2) is 32.1 Å². The van der Waals surface area contributed by atoms with Crippen LogP contribution in [0.2, 0.25) is 0 Å². The van der Waals surface area contributed by atoms with Gasteiger partial charge in [0, 0.05) is 18.5 Å². The predicted molar refractivity (Wildman–Crippen MR) is 84.5 cm³/mol. The van der Waals surface area contributed by atoms with E-state index in [4.69, 9.17) is 4.74 Å². The number of amides is 1. The molecule has 1 aliphatic heterocycles. The number of rotatable bonds is 6. The molecular formula is C17H26N2O2. The number of hydrogen-bond acceptors (Lipinski definition) is 3. The van der Waals surface area contributed by atoms with Crippen LogP contribution in [0.4, 0.5) is 0 Å². The summed E-state index contributed by atoms with van der Waals surface area (Å²) in [6.07, 6.45) is 3.85. The second-order valence-electron chi connectivity index (χ2n) is 5.82. The van der Waals surface area contributed by atoms with Gasteiger partial charge in [0.25, 0.3) is 0 Å². The Balaban J connectivity index is 1.65. The maximum atomic E-state index is 12.1. The molecular weight excluding hydrogens is 264 g/mol. The lowest BCUT2D eigenvalue weighted by atomic mass is 9.92. The first-order chi connectivity index (χ1) is 10.2. The quantitative estimate of drug-likeness (QED) is 0.789. The largest absolute Gasteiger partial charge is 0.497 e. The van der Waals surface area contributed by atoms with Crippen molar-refractivity contribution in [3.63, 3.8) is 0 Å². The van der Waals surface area contributed by atoms with Crippen LogP contribution in [0.15, 0.2) is 24.3 Å². The van der Waals surface area contributed by atoms with Gasteiger partial charge in [0.1, 0.15) is 5.75 Å². The van der Waals surface area contributed by atoms with Crippen LogP contribution in [0.3, 0.4) is 0 Å². The number of carbonyl (C=O) groups excluding carboxylic acids is 1. The number of ether oxygens (including phenoxy) is 1. The van der Waals surface area contributed by atoms with Gasteiger partial charge in [-0.1, -0.05) is 12.1 Å². The summed E-state index contributed by atoms with van der Waals surface area (Å²) < 4.78 is 5.14. The van der Waals surface area contributed by atoms with Gasteiger partial charge in [-0.25, -0.2) is 0 Å². The Hall–Kier alpha value is -1.55. The third kappa shape index (κ3) is 5.05. The molecule has 1 heterocycles. The van der Waals surface area contributed by atoms with Crippen molar-refractivity contribution in [2.24, 2.45) is 5.92 Å². The molecule has 4 heteroatoms. The van der Waals surface area contributed by atoms with Crippen LogP contribution >= 0.6 is 0 Å². The van der Waals surface area contributed by atoms with Gasteiger partial charge < -0.3 is 15.4 Å². The standard InChI is InChI=1S/C17H26N2O2/c1-13-12-15(9-11-18-13)17(20)19-10-3-4-14-5-7-16(21-2)8-6-14/h5-8,13,15,18H,3-4,9-12H2,1-2H3,(H,19,20)/t13-,15-/m0/s1. The lowest BCUT2D eigenvalue weighted by molar-refractivity contribution is -0.126. The molecule has 2 atom stereocenters. The van der Waals surface area contributed by atoms with Gasteiger partial charge in [-0.2, -0.15) is 0 Å². The highest BCUT2D eigenvalue weighted by molar-refractivity contribution is 5.78. The smallest absolute Gasteiger partial charge is 0.223 e. The number of aryl methyl sites for hydroxylation is 1. The Morgan fingerprint density at radius 3 is 2.81 bits per heavy atom. The molecule has 116 valence electrons. The summed E-state index contributed by atoms with van der Waals surface area (Å²) in [5, 5.41) is 6.45. The molecule has 0 bridgehead atoms. The van der Waals surface area contributed by atoms with Gasteiger partial charge in [-0.05, 0) is 56.8 Å². The van der Waals surface area contributed by atoms with Gasteiger partial charge in [0.2, 0.25) is 5.91 Å². The summed E-state index contributed by atoms with van der Waals surface area (Å²) >= 11 is 0. The molecule has 1 aromatic rings. The van der Waals surface area contributed by atoms with Crippen molar-refractivity contribution in [1.82, 2.24) is 10.6 Å². The van der Waals surface area contributed by atoms with Crippen molar-refractivity contribution in [2.45, 2.75) is 38.6 Å². The van der Waals surface area contributed by atoms with Gasteiger partial charge in [0.15, 0.2) is 0 Å². The maximum Gasteiger partial charge on any atom is 0.223 e. The third-order valence-corrected chi connectivity index (χ3v) is 4.09. The van der Waals surface area contributed by atoms with Gasteiger partial charge in [-0.3, -0.25) is 4.79 Å². The number of methoxy groups -OCH3 is 1. The highest BCUT2D eigenvalue weighted by atomic mass is 16.5. The minimum atomic E-state index is 0.183. The number of nitrogens with one attached hydrogen (secondary N) is 2. The molecule has 0 aromatic heterocycles. The number of piperidine rings is 1. The van der Waals surface area contributed by atoms with Crippen molar-refractivity contribution >= 4 is 5.91 Å². The van der Waals surface area contributed by atoms with Crippen LogP contribution in [0.1, 0.15) is 31.7 Å². The second kappa shape index (κ2) is 8.03. The SMILES string of the molecule is COc1ccc(CCCNC(=O)[C@H]2CCN[C@@H](C)C2)cc1. The van der Waals surface area contributed by atoms with Crippen molar-refractivity contribution in [3.8, 4) is 5.75 Å². The van der Waals surface area contributed by atoms with Crippen LogP contribution in [0.25, 0.3) is 0 Å². The van der Waals surface area contributed by atoms with Crippen molar-refractivity contribution in [2.75, 3.05) is 20.2 Å². The van der Waals surface area contributed by atoms with E-state index in [2.05, 4.69) is 29.7 Å². The molecule has 1 amide bonds. The monoisotopic (exact) mass is 290 g/mol. The first-order valence-corrected chi connectivity index (χ1v) is 7.83. The van der Waals surface area contributed by atoms with E-state index in [0.29, 0.717) is 6.04 Å². The Morgan fingerprint density at radius 2 is 2.14 bits per heavy atom. The van der Waals surface area contributed by atoms with Crippen molar-refractivity contribution in [3.05, 3.63) is 29.8 Å². The minimum Gasteiger partial charge on any atom is -0.497 e. The summed E-state index contributed by atoms with van der Waals surface area (Å²) in [6.45, 7) is 3.84. The van der Waals surface area contributed by atoms with Crippen LogP contribution in [0.5, 0.6) is 5.75 Å². The molecule has 0 unspecified atom stereocenters. The molecule has 0 saturated carbocycles. The molecule has 4 nitrogen and oxygen atoms in total. The molecule has 1 aromatic carbocycles. The van der Waals surface area contributed by atoms with E-state index in [0.717, 1.165) is 44.5 Å². The van der Waals surface area contributed by atoms with Crippen LogP contribution < -0.4 is 15.4 Å². The lowest BCUT2D eigenvalue weighted by Gasteiger charge is -2.27. The lowest BCUT2D eigenvalue weighted by Crippen LogP contribution is -2.42. The second-order valence-corrected chi connectivity index (χ2v) is 5.82. The molecule has 2 N–H and O–H groups in total. The van der Waals surface area contributed by atoms with E-state index in [1.807, 2.05) is 12.1 Å². The Kier molecular flexibility index (Phi) is 6.05. The fourth-order valence-corrected chi connectivity index (χ4v) is 2.81. The molecule has 1 saturated heterocycles. The zero-order valence-electron chi connectivity index (χ0n) is 13.0. The van der Waals surface area contributed by atoms with E-state index in [9.17, 15) is 4.79 Å². The molecule has 1 aliphatic rings. The molecule has 0 radical (unpaired) electrons. The minimum absolute atomic E-state index is 0.183.